The zero-order chi connectivity index (χ0) is 10.0. The summed E-state index contributed by atoms with van der Waals surface area (Å²) in [7, 11) is 1.29. The minimum atomic E-state index is -1.15. The number of esters is 1. The molecule has 1 aliphatic rings. The first-order valence-electron chi connectivity index (χ1n) is 3.83. The van der Waals surface area contributed by atoms with Crippen molar-refractivity contribution in [3.8, 4) is 0 Å². The van der Waals surface area contributed by atoms with Gasteiger partial charge in [-0.05, 0) is 0 Å². The van der Waals surface area contributed by atoms with Gasteiger partial charge in [-0.1, -0.05) is 6.08 Å². The molecule has 0 amide bonds. The molecule has 1 rings (SSSR count). The average Bonchev–Trinajstić information content (AvgIpc) is 2.40. The number of ether oxygens (including phenoxy) is 2. The van der Waals surface area contributed by atoms with E-state index in [2.05, 4.69) is 6.58 Å². The molecule has 0 radical (unpaired) electrons. The molecule has 2 N–H and O–H groups in total. The SMILES string of the molecule is C=CC(O)C1OC(=O)C(OC)C1O. The molecule has 1 saturated heterocycles. The van der Waals surface area contributed by atoms with Gasteiger partial charge in [0.15, 0.2) is 12.2 Å². The van der Waals surface area contributed by atoms with Gasteiger partial charge in [0.1, 0.15) is 12.2 Å². The summed E-state index contributed by atoms with van der Waals surface area (Å²) in [5.41, 5.74) is 0. The second-order valence-corrected chi connectivity index (χ2v) is 2.77. The largest absolute Gasteiger partial charge is 0.454 e. The number of rotatable bonds is 3. The first kappa shape index (κ1) is 10.2. The lowest BCUT2D eigenvalue weighted by Crippen LogP contribution is -2.38. The Balaban J connectivity index is 2.72. The monoisotopic (exact) mass is 188 g/mol. The Morgan fingerprint density at radius 3 is 2.77 bits per heavy atom. The zero-order valence-electron chi connectivity index (χ0n) is 7.21. The number of hydrogen-bond donors (Lipinski definition) is 2. The molecule has 5 nitrogen and oxygen atoms in total. The maximum absolute atomic E-state index is 11.0. The number of carbonyl (C=O) groups is 1. The Morgan fingerprint density at radius 1 is 1.77 bits per heavy atom. The molecule has 0 aliphatic carbocycles. The van der Waals surface area contributed by atoms with Crippen molar-refractivity contribution in [2.75, 3.05) is 7.11 Å². The molecular formula is C8H12O5. The standard InChI is InChI=1S/C8H12O5/c1-3-4(9)6-5(10)7(12-2)8(11)13-6/h3-7,9-10H,1H2,2H3. The highest BCUT2D eigenvalue weighted by atomic mass is 16.6. The lowest BCUT2D eigenvalue weighted by atomic mass is 10.1. The molecule has 4 unspecified atom stereocenters. The van der Waals surface area contributed by atoms with E-state index < -0.39 is 30.4 Å². The van der Waals surface area contributed by atoms with Crippen molar-refractivity contribution < 1.29 is 24.5 Å². The molecule has 1 aliphatic heterocycles. The Hall–Kier alpha value is -0.910. The van der Waals surface area contributed by atoms with Crippen molar-refractivity contribution in [2.24, 2.45) is 0 Å². The summed E-state index contributed by atoms with van der Waals surface area (Å²) >= 11 is 0. The lowest BCUT2D eigenvalue weighted by Gasteiger charge is -2.17. The molecule has 5 heteroatoms. The number of aliphatic hydroxyl groups is 2. The van der Waals surface area contributed by atoms with E-state index in [1.165, 1.54) is 13.2 Å². The third-order valence-corrected chi connectivity index (χ3v) is 1.96. The van der Waals surface area contributed by atoms with Crippen molar-refractivity contribution in [1.29, 1.82) is 0 Å². The minimum Gasteiger partial charge on any atom is -0.454 e. The average molecular weight is 188 g/mol. The number of methoxy groups -OCH3 is 1. The number of hydrogen-bond acceptors (Lipinski definition) is 5. The Bertz CT molecular complexity index is 215. The number of carbonyl (C=O) groups excluding carboxylic acids is 1. The maximum Gasteiger partial charge on any atom is 0.338 e. The fourth-order valence-corrected chi connectivity index (χ4v) is 1.22. The van der Waals surface area contributed by atoms with Crippen LogP contribution in [0.15, 0.2) is 12.7 Å². The summed E-state index contributed by atoms with van der Waals surface area (Å²) in [6.45, 7) is 3.32. The molecule has 4 atom stereocenters. The molecule has 74 valence electrons. The first-order chi connectivity index (χ1) is 6.11. The van der Waals surface area contributed by atoms with Gasteiger partial charge in [0.05, 0.1) is 0 Å². The third-order valence-electron chi connectivity index (χ3n) is 1.96. The van der Waals surface area contributed by atoms with Crippen LogP contribution in [0.5, 0.6) is 0 Å². The molecule has 1 heterocycles. The van der Waals surface area contributed by atoms with E-state index in [4.69, 9.17) is 9.47 Å². The predicted octanol–water partition coefficient (Wildman–Crippen LogP) is -1.17. The second kappa shape index (κ2) is 3.87. The van der Waals surface area contributed by atoms with Crippen LogP contribution in [0, 0.1) is 0 Å². The molecule has 1 fully saturated rings. The molecule has 13 heavy (non-hydrogen) atoms. The van der Waals surface area contributed by atoms with Crippen molar-refractivity contribution in [1.82, 2.24) is 0 Å². The van der Waals surface area contributed by atoms with Crippen LogP contribution < -0.4 is 0 Å². The van der Waals surface area contributed by atoms with Gasteiger partial charge in [-0.2, -0.15) is 0 Å². The zero-order valence-corrected chi connectivity index (χ0v) is 7.21. The van der Waals surface area contributed by atoms with Crippen LogP contribution in [0.25, 0.3) is 0 Å². The van der Waals surface area contributed by atoms with Crippen LogP contribution in [0.3, 0.4) is 0 Å². The van der Waals surface area contributed by atoms with Crippen LogP contribution >= 0.6 is 0 Å². The van der Waals surface area contributed by atoms with Crippen molar-refractivity contribution in [2.45, 2.75) is 24.4 Å². The van der Waals surface area contributed by atoms with E-state index in [1.807, 2.05) is 0 Å². The minimum absolute atomic E-state index is 0.666. The molecule has 0 saturated carbocycles. The summed E-state index contributed by atoms with van der Waals surface area (Å²) in [6, 6.07) is 0. The van der Waals surface area contributed by atoms with Crippen LogP contribution in [-0.2, 0) is 14.3 Å². The van der Waals surface area contributed by atoms with Crippen molar-refractivity contribution in [3.05, 3.63) is 12.7 Å². The predicted molar refractivity (Wildman–Crippen MR) is 42.9 cm³/mol. The van der Waals surface area contributed by atoms with E-state index in [0.717, 1.165) is 0 Å². The third kappa shape index (κ3) is 1.72. The fraction of sp³-hybridized carbons (Fsp3) is 0.625. The highest BCUT2D eigenvalue weighted by Gasteiger charge is 2.46. The van der Waals surface area contributed by atoms with E-state index >= 15 is 0 Å². The highest BCUT2D eigenvalue weighted by molar-refractivity contribution is 5.78. The van der Waals surface area contributed by atoms with Gasteiger partial charge in [-0.25, -0.2) is 4.79 Å². The van der Waals surface area contributed by atoms with Crippen LogP contribution in [-0.4, -0.2) is 47.7 Å². The van der Waals surface area contributed by atoms with Crippen LogP contribution in [0.4, 0.5) is 0 Å². The Morgan fingerprint density at radius 2 is 2.38 bits per heavy atom. The summed E-state index contributed by atoms with van der Waals surface area (Å²) < 4.78 is 9.39. The summed E-state index contributed by atoms with van der Waals surface area (Å²) in [5, 5.41) is 18.7. The summed E-state index contributed by atoms with van der Waals surface area (Å²) in [5.74, 6) is -0.666. The van der Waals surface area contributed by atoms with Crippen molar-refractivity contribution in [3.63, 3.8) is 0 Å². The van der Waals surface area contributed by atoms with Gasteiger partial charge in [0.25, 0.3) is 0 Å². The maximum atomic E-state index is 11.0. The molecule has 0 aromatic heterocycles. The van der Waals surface area contributed by atoms with Crippen LogP contribution in [0.2, 0.25) is 0 Å². The smallest absolute Gasteiger partial charge is 0.338 e. The van der Waals surface area contributed by atoms with Crippen LogP contribution in [0.1, 0.15) is 0 Å². The summed E-state index contributed by atoms with van der Waals surface area (Å²) in [6.07, 6.45) is -3.02. The second-order valence-electron chi connectivity index (χ2n) is 2.77. The molecule has 0 aromatic carbocycles. The normalized spacial score (nSPS) is 35.6. The fourth-order valence-electron chi connectivity index (χ4n) is 1.22. The Kier molecular flexibility index (Phi) is 3.02. The van der Waals surface area contributed by atoms with Crippen molar-refractivity contribution >= 4 is 5.97 Å². The highest BCUT2D eigenvalue weighted by Crippen LogP contribution is 2.21. The quantitative estimate of drug-likeness (QED) is 0.431. The van der Waals surface area contributed by atoms with E-state index in [0.29, 0.717) is 0 Å². The first-order valence-corrected chi connectivity index (χ1v) is 3.83. The van der Waals surface area contributed by atoms with Gasteiger partial charge in [-0.15, -0.1) is 6.58 Å². The number of cyclic esters (lactones) is 1. The molecule has 0 spiro atoms. The lowest BCUT2D eigenvalue weighted by molar-refractivity contribution is -0.150. The molecule has 0 aromatic rings. The topological polar surface area (TPSA) is 76.0 Å². The van der Waals surface area contributed by atoms with E-state index in [9.17, 15) is 15.0 Å². The van der Waals surface area contributed by atoms with Gasteiger partial charge in [0.2, 0.25) is 0 Å². The molecule has 0 bridgehead atoms. The summed E-state index contributed by atoms with van der Waals surface area (Å²) in [4.78, 5) is 11.0. The van der Waals surface area contributed by atoms with E-state index in [-0.39, 0.29) is 0 Å². The van der Waals surface area contributed by atoms with Gasteiger partial charge in [0, 0.05) is 7.11 Å². The number of aliphatic hydroxyl groups excluding tert-OH is 2. The van der Waals surface area contributed by atoms with Gasteiger partial charge >= 0.3 is 5.97 Å². The Labute approximate surface area is 75.6 Å². The van der Waals surface area contributed by atoms with E-state index in [1.54, 1.807) is 0 Å². The van der Waals surface area contributed by atoms with Gasteiger partial charge in [-0.3, -0.25) is 0 Å². The van der Waals surface area contributed by atoms with Gasteiger partial charge < -0.3 is 19.7 Å². The molecular weight excluding hydrogens is 176 g/mol.